The maximum absolute atomic E-state index is 14.9. The maximum Gasteiger partial charge on any atom is 0.425 e. The van der Waals surface area contributed by atoms with E-state index in [1.54, 1.807) is 13.8 Å². The van der Waals surface area contributed by atoms with Crippen LogP contribution in [0.2, 0.25) is 0 Å². The molecule has 5 nitrogen and oxygen atoms in total. The van der Waals surface area contributed by atoms with Crippen LogP contribution < -0.4 is 5.32 Å². The van der Waals surface area contributed by atoms with Crippen molar-refractivity contribution in [2.24, 2.45) is 17.3 Å². The van der Waals surface area contributed by atoms with Gasteiger partial charge in [-0.3, -0.25) is 14.4 Å². The second kappa shape index (κ2) is 8.45. The minimum absolute atomic E-state index is 0.0685. The predicted octanol–water partition coefficient (Wildman–Crippen LogP) is 5.17. The van der Waals surface area contributed by atoms with Crippen molar-refractivity contribution in [3.05, 3.63) is 46.9 Å². The first-order valence-corrected chi connectivity index (χ1v) is 11.9. The number of nitrogens with zero attached hydrogens (tertiary/aromatic N) is 1. The van der Waals surface area contributed by atoms with E-state index in [0.29, 0.717) is 6.42 Å². The molecule has 1 aromatic rings. The quantitative estimate of drug-likeness (QED) is 0.590. The van der Waals surface area contributed by atoms with Crippen LogP contribution in [0.4, 0.5) is 17.6 Å². The number of amides is 2. The third-order valence-corrected chi connectivity index (χ3v) is 7.89. The SMILES string of the molecule is C[C@@H]1[C@H](C)CCC[C@@H]1N1C(=O)[C@@](NC(=O)c2ccc(F)cc2)(C(F)(F)F)C2=C1CC(C)(C)CC2=O. The zero-order valence-electron chi connectivity index (χ0n) is 20.3. The first-order valence-electron chi connectivity index (χ1n) is 11.9. The molecule has 1 aromatic carbocycles. The molecule has 0 bridgehead atoms. The minimum atomic E-state index is -5.27. The molecule has 1 fully saturated rings. The molecule has 1 heterocycles. The van der Waals surface area contributed by atoms with E-state index >= 15 is 0 Å². The normalized spacial score (nSPS) is 31.0. The molecule has 4 atom stereocenters. The molecule has 2 aliphatic carbocycles. The zero-order chi connectivity index (χ0) is 25.9. The van der Waals surface area contributed by atoms with E-state index in [2.05, 4.69) is 0 Å². The van der Waals surface area contributed by atoms with Crippen molar-refractivity contribution >= 4 is 17.6 Å². The molecule has 0 radical (unpaired) electrons. The molecule has 4 rings (SSSR count). The number of allylic oxidation sites excluding steroid dienone is 1. The monoisotopic (exact) mass is 494 g/mol. The van der Waals surface area contributed by atoms with Crippen molar-refractivity contribution < 1.29 is 31.9 Å². The van der Waals surface area contributed by atoms with E-state index in [4.69, 9.17) is 0 Å². The summed E-state index contributed by atoms with van der Waals surface area (Å²) in [5.74, 6) is -3.88. The van der Waals surface area contributed by atoms with Crippen LogP contribution in [0.25, 0.3) is 0 Å². The highest BCUT2D eigenvalue weighted by Gasteiger charge is 2.72. The number of ketones is 1. The van der Waals surface area contributed by atoms with E-state index in [9.17, 15) is 31.9 Å². The van der Waals surface area contributed by atoms with Gasteiger partial charge in [0.25, 0.3) is 11.8 Å². The largest absolute Gasteiger partial charge is 0.425 e. The summed E-state index contributed by atoms with van der Waals surface area (Å²) in [7, 11) is 0. The Hall–Kier alpha value is -2.71. The molecule has 190 valence electrons. The Morgan fingerprint density at radius 3 is 2.29 bits per heavy atom. The van der Waals surface area contributed by atoms with Gasteiger partial charge in [0.2, 0.25) is 5.54 Å². The van der Waals surface area contributed by atoms with Gasteiger partial charge in [-0.25, -0.2) is 4.39 Å². The van der Waals surface area contributed by atoms with Crippen molar-refractivity contribution in [3.8, 4) is 0 Å². The molecule has 0 unspecified atom stereocenters. The minimum Gasteiger partial charge on any atom is -0.326 e. The number of carbonyl (C=O) groups excluding carboxylic acids is 3. The van der Waals surface area contributed by atoms with Crippen LogP contribution in [0, 0.1) is 23.1 Å². The smallest absolute Gasteiger partial charge is 0.326 e. The number of carbonyl (C=O) groups is 3. The van der Waals surface area contributed by atoms with Crippen LogP contribution in [0.3, 0.4) is 0 Å². The third kappa shape index (κ3) is 4.06. The summed E-state index contributed by atoms with van der Waals surface area (Å²) < 4.78 is 58.2. The molecule has 0 saturated heterocycles. The van der Waals surface area contributed by atoms with Crippen LogP contribution in [0.1, 0.15) is 70.2 Å². The third-order valence-electron chi connectivity index (χ3n) is 7.89. The second-order valence-corrected chi connectivity index (χ2v) is 11.0. The number of hydrogen-bond acceptors (Lipinski definition) is 3. The van der Waals surface area contributed by atoms with Crippen LogP contribution in [-0.4, -0.2) is 40.3 Å². The number of nitrogens with one attached hydrogen (secondary N) is 1. The van der Waals surface area contributed by atoms with Gasteiger partial charge in [0.15, 0.2) is 5.78 Å². The summed E-state index contributed by atoms with van der Waals surface area (Å²) in [5.41, 5.74) is -4.97. The summed E-state index contributed by atoms with van der Waals surface area (Å²) >= 11 is 0. The summed E-state index contributed by atoms with van der Waals surface area (Å²) in [6, 6.07) is 3.46. The molecule has 0 spiro atoms. The van der Waals surface area contributed by atoms with Gasteiger partial charge in [-0.2, -0.15) is 13.2 Å². The number of alkyl halides is 3. The average Bonchev–Trinajstić information content (AvgIpc) is 2.98. The molecule has 1 aliphatic heterocycles. The lowest BCUT2D eigenvalue weighted by Gasteiger charge is -2.43. The molecule has 2 amide bonds. The Morgan fingerprint density at radius 1 is 1.06 bits per heavy atom. The highest BCUT2D eigenvalue weighted by Crippen LogP contribution is 2.54. The van der Waals surface area contributed by atoms with Gasteiger partial charge >= 0.3 is 6.18 Å². The first kappa shape index (κ1) is 25.4. The highest BCUT2D eigenvalue weighted by atomic mass is 19.4. The number of halogens is 4. The van der Waals surface area contributed by atoms with Gasteiger partial charge in [0.05, 0.1) is 5.57 Å². The van der Waals surface area contributed by atoms with E-state index in [0.717, 1.165) is 37.1 Å². The standard InChI is InChI=1S/C26H30F4N2O3/c1-14-6-5-7-18(15(14)2)32-19-12-24(3,4)13-20(33)21(19)25(23(32)35,26(28,29)30)31-22(34)16-8-10-17(27)11-9-16/h8-11,14-15,18H,5-7,12-13H2,1-4H3,(H,31,34)/t14-,15-,18+,25-/m1/s1. The summed E-state index contributed by atoms with van der Waals surface area (Å²) in [4.78, 5) is 41.4. The van der Waals surface area contributed by atoms with Crippen LogP contribution >= 0.6 is 0 Å². The average molecular weight is 495 g/mol. The van der Waals surface area contributed by atoms with Crippen LogP contribution in [0.5, 0.6) is 0 Å². The van der Waals surface area contributed by atoms with Crippen LogP contribution in [0.15, 0.2) is 35.5 Å². The molecule has 1 saturated carbocycles. The lowest BCUT2D eigenvalue weighted by molar-refractivity contribution is -0.192. The maximum atomic E-state index is 14.9. The van der Waals surface area contributed by atoms with Gasteiger partial charge in [-0.05, 0) is 54.4 Å². The fourth-order valence-corrected chi connectivity index (χ4v) is 5.89. The van der Waals surface area contributed by atoms with Gasteiger partial charge in [-0.15, -0.1) is 0 Å². The van der Waals surface area contributed by atoms with E-state index in [-0.39, 0.29) is 35.9 Å². The Morgan fingerprint density at radius 2 is 1.69 bits per heavy atom. The lowest BCUT2D eigenvalue weighted by Crippen LogP contribution is -2.67. The van der Waals surface area contributed by atoms with Gasteiger partial charge < -0.3 is 10.2 Å². The Labute approximate surface area is 201 Å². The topological polar surface area (TPSA) is 66.5 Å². The fourth-order valence-electron chi connectivity index (χ4n) is 5.89. The second-order valence-electron chi connectivity index (χ2n) is 11.0. The lowest BCUT2D eigenvalue weighted by atomic mass is 9.72. The predicted molar refractivity (Wildman–Crippen MR) is 121 cm³/mol. The summed E-state index contributed by atoms with van der Waals surface area (Å²) in [6.45, 7) is 7.50. The molecule has 3 aliphatic rings. The molecule has 35 heavy (non-hydrogen) atoms. The number of Topliss-reactive ketones (excluding diaryl/α,β-unsaturated/α-hetero) is 1. The summed E-state index contributed by atoms with van der Waals surface area (Å²) in [5, 5.41) is 1.91. The molecular formula is C26H30F4N2O3. The Bertz CT molecular complexity index is 1090. The van der Waals surface area contributed by atoms with Crippen molar-refractivity contribution in [1.82, 2.24) is 10.2 Å². The van der Waals surface area contributed by atoms with Crippen molar-refractivity contribution in [2.75, 3.05) is 0 Å². The van der Waals surface area contributed by atoms with E-state index < -0.39 is 52.2 Å². The highest BCUT2D eigenvalue weighted by molar-refractivity contribution is 6.14. The number of rotatable bonds is 3. The van der Waals surface area contributed by atoms with Crippen molar-refractivity contribution in [3.63, 3.8) is 0 Å². The molecule has 9 heteroatoms. The van der Waals surface area contributed by atoms with Gasteiger partial charge in [-0.1, -0.05) is 40.5 Å². The fraction of sp³-hybridized carbons (Fsp3) is 0.577. The number of benzene rings is 1. The summed E-state index contributed by atoms with van der Waals surface area (Å²) in [6.07, 6.45) is -3.16. The van der Waals surface area contributed by atoms with E-state index in [1.807, 2.05) is 19.2 Å². The molecular weight excluding hydrogens is 464 g/mol. The molecule has 1 N–H and O–H groups in total. The van der Waals surface area contributed by atoms with Gasteiger partial charge in [0.1, 0.15) is 5.82 Å². The van der Waals surface area contributed by atoms with E-state index in [1.165, 1.54) is 4.90 Å². The number of hydrogen-bond donors (Lipinski definition) is 1. The zero-order valence-corrected chi connectivity index (χ0v) is 20.3. The van der Waals surface area contributed by atoms with Crippen molar-refractivity contribution in [2.45, 2.75) is 77.6 Å². The first-order chi connectivity index (χ1) is 16.2. The van der Waals surface area contributed by atoms with Crippen LogP contribution in [-0.2, 0) is 9.59 Å². The van der Waals surface area contributed by atoms with Crippen molar-refractivity contribution in [1.29, 1.82) is 0 Å². The van der Waals surface area contributed by atoms with Gasteiger partial charge in [0, 0.05) is 23.7 Å². The Balaban J connectivity index is 1.89. The Kier molecular flexibility index (Phi) is 6.13. The molecule has 0 aromatic heterocycles.